The smallest absolute Gasteiger partial charge is 0.0743 e. The molecule has 1 saturated carbocycles. The predicted molar refractivity (Wildman–Crippen MR) is 86.1 cm³/mol. The van der Waals surface area contributed by atoms with Crippen LogP contribution in [0.4, 0.5) is 5.69 Å². The van der Waals surface area contributed by atoms with Crippen molar-refractivity contribution in [3.63, 3.8) is 0 Å². The van der Waals surface area contributed by atoms with Gasteiger partial charge in [0.1, 0.15) is 0 Å². The monoisotopic (exact) mass is 275 g/mol. The fourth-order valence-electron chi connectivity index (χ4n) is 3.21. The van der Waals surface area contributed by atoms with Gasteiger partial charge in [0.25, 0.3) is 0 Å². The number of unbranched alkanes of at least 4 members (excludes halogenated alkanes) is 1. The van der Waals surface area contributed by atoms with E-state index in [1.165, 1.54) is 50.6 Å². The number of para-hydroxylation sites is 1. The van der Waals surface area contributed by atoms with Crippen LogP contribution in [-0.2, 0) is 0 Å². The number of aliphatic hydroxyl groups excluding tert-OH is 1. The van der Waals surface area contributed by atoms with Crippen LogP contribution in [0.25, 0.3) is 0 Å². The fraction of sp³-hybridized carbons (Fsp3) is 0.667. The van der Waals surface area contributed by atoms with Crippen molar-refractivity contribution in [1.29, 1.82) is 0 Å². The number of anilines is 1. The Morgan fingerprint density at radius 2 is 1.85 bits per heavy atom. The fourth-order valence-corrected chi connectivity index (χ4v) is 3.21. The van der Waals surface area contributed by atoms with Crippen molar-refractivity contribution in [3.05, 3.63) is 30.3 Å². The van der Waals surface area contributed by atoms with E-state index in [9.17, 15) is 5.11 Å². The van der Waals surface area contributed by atoms with Gasteiger partial charge in [-0.15, -0.1) is 0 Å². The molecule has 2 heteroatoms. The minimum Gasteiger partial charge on any atom is -0.391 e. The van der Waals surface area contributed by atoms with Crippen LogP contribution in [0.5, 0.6) is 0 Å². The van der Waals surface area contributed by atoms with Crippen molar-refractivity contribution in [2.75, 3.05) is 18.0 Å². The zero-order valence-electron chi connectivity index (χ0n) is 12.8. The highest BCUT2D eigenvalue weighted by molar-refractivity contribution is 5.46. The van der Waals surface area contributed by atoms with E-state index in [2.05, 4.69) is 42.2 Å². The maximum Gasteiger partial charge on any atom is 0.0743 e. The summed E-state index contributed by atoms with van der Waals surface area (Å²) in [4.78, 5) is 2.36. The van der Waals surface area contributed by atoms with Gasteiger partial charge in [0.15, 0.2) is 0 Å². The second-order valence-electron chi connectivity index (χ2n) is 6.10. The van der Waals surface area contributed by atoms with Crippen molar-refractivity contribution < 1.29 is 5.11 Å². The van der Waals surface area contributed by atoms with Crippen LogP contribution in [0, 0.1) is 5.92 Å². The van der Waals surface area contributed by atoms with Crippen LogP contribution < -0.4 is 4.90 Å². The van der Waals surface area contributed by atoms with E-state index in [1.807, 2.05) is 0 Å². The normalized spacial score (nSPS) is 17.9. The Bertz CT molecular complexity index is 359. The molecule has 1 unspecified atom stereocenters. The lowest BCUT2D eigenvalue weighted by atomic mass is 9.85. The maximum atomic E-state index is 10.6. The minimum atomic E-state index is -0.174. The molecule has 0 heterocycles. The van der Waals surface area contributed by atoms with Gasteiger partial charge in [-0.2, -0.15) is 0 Å². The van der Waals surface area contributed by atoms with Crippen molar-refractivity contribution in [2.45, 2.75) is 58.0 Å². The molecule has 1 fully saturated rings. The third-order valence-electron chi connectivity index (χ3n) is 4.50. The topological polar surface area (TPSA) is 23.5 Å². The van der Waals surface area contributed by atoms with Gasteiger partial charge in [-0.1, -0.05) is 50.8 Å². The number of nitrogens with zero attached hydrogens (tertiary/aromatic N) is 1. The molecule has 1 N–H and O–H groups in total. The summed E-state index contributed by atoms with van der Waals surface area (Å²) in [6.07, 6.45) is 8.56. The SMILES string of the molecule is CCCCN(CC(O)C1CCCCC1)c1ccccc1. The summed E-state index contributed by atoms with van der Waals surface area (Å²) in [6.45, 7) is 4.06. The quantitative estimate of drug-likeness (QED) is 0.804. The lowest BCUT2D eigenvalue weighted by molar-refractivity contribution is 0.0899. The van der Waals surface area contributed by atoms with E-state index in [-0.39, 0.29) is 6.10 Å². The molecule has 1 aliphatic rings. The number of hydrogen-bond donors (Lipinski definition) is 1. The summed E-state index contributed by atoms with van der Waals surface area (Å²) in [5, 5.41) is 10.6. The zero-order valence-corrected chi connectivity index (χ0v) is 12.8. The molecule has 20 heavy (non-hydrogen) atoms. The van der Waals surface area contributed by atoms with Gasteiger partial charge < -0.3 is 10.0 Å². The van der Waals surface area contributed by atoms with E-state index in [0.717, 1.165) is 13.1 Å². The summed E-state index contributed by atoms with van der Waals surface area (Å²) >= 11 is 0. The van der Waals surface area contributed by atoms with Crippen LogP contribution >= 0.6 is 0 Å². The van der Waals surface area contributed by atoms with Crippen LogP contribution in [-0.4, -0.2) is 24.3 Å². The molecule has 112 valence electrons. The van der Waals surface area contributed by atoms with E-state index in [1.54, 1.807) is 0 Å². The Hall–Kier alpha value is -1.02. The van der Waals surface area contributed by atoms with Gasteiger partial charge in [0, 0.05) is 18.8 Å². The molecule has 0 radical (unpaired) electrons. The maximum absolute atomic E-state index is 10.6. The molecule has 0 aromatic heterocycles. The molecule has 0 aliphatic heterocycles. The number of rotatable bonds is 7. The van der Waals surface area contributed by atoms with Crippen LogP contribution in [0.1, 0.15) is 51.9 Å². The average Bonchev–Trinajstić information content (AvgIpc) is 2.53. The molecule has 0 amide bonds. The van der Waals surface area contributed by atoms with Crippen molar-refractivity contribution >= 4 is 5.69 Å². The number of hydrogen-bond acceptors (Lipinski definition) is 2. The summed E-state index contributed by atoms with van der Waals surface area (Å²) in [6, 6.07) is 10.5. The average molecular weight is 275 g/mol. The second kappa shape index (κ2) is 8.31. The minimum absolute atomic E-state index is 0.174. The summed E-state index contributed by atoms with van der Waals surface area (Å²) < 4.78 is 0. The molecular formula is C18H29NO. The Morgan fingerprint density at radius 1 is 1.15 bits per heavy atom. The van der Waals surface area contributed by atoms with Crippen molar-refractivity contribution in [1.82, 2.24) is 0 Å². The molecule has 0 saturated heterocycles. The summed E-state index contributed by atoms with van der Waals surface area (Å²) in [5.74, 6) is 0.511. The highest BCUT2D eigenvalue weighted by Crippen LogP contribution is 2.27. The van der Waals surface area contributed by atoms with E-state index in [0.29, 0.717) is 5.92 Å². The first kappa shape index (κ1) is 15.4. The van der Waals surface area contributed by atoms with E-state index < -0.39 is 0 Å². The molecule has 2 nitrogen and oxygen atoms in total. The van der Waals surface area contributed by atoms with Crippen molar-refractivity contribution in [3.8, 4) is 0 Å². The second-order valence-corrected chi connectivity index (χ2v) is 6.10. The first-order chi connectivity index (χ1) is 9.81. The Balaban J connectivity index is 1.95. The number of aliphatic hydroxyl groups is 1. The standard InChI is InChI=1S/C18H29NO/c1-2-3-14-19(17-12-8-5-9-13-17)15-18(20)16-10-6-4-7-11-16/h5,8-9,12-13,16,18,20H,2-4,6-7,10-11,14-15H2,1H3. The molecule has 0 bridgehead atoms. The Morgan fingerprint density at radius 3 is 2.50 bits per heavy atom. The first-order valence-corrected chi connectivity index (χ1v) is 8.29. The third kappa shape index (κ3) is 4.52. The van der Waals surface area contributed by atoms with Crippen LogP contribution in [0.3, 0.4) is 0 Å². The molecule has 1 aromatic rings. The highest BCUT2D eigenvalue weighted by Gasteiger charge is 2.23. The largest absolute Gasteiger partial charge is 0.391 e. The molecule has 2 rings (SSSR count). The van der Waals surface area contributed by atoms with Gasteiger partial charge in [-0.3, -0.25) is 0 Å². The van der Waals surface area contributed by atoms with Gasteiger partial charge >= 0.3 is 0 Å². The Labute approximate surface area is 123 Å². The third-order valence-corrected chi connectivity index (χ3v) is 4.50. The van der Waals surface area contributed by atoms with Gasteiger partial charge in [0.2, 0.25) is 0 Å². The molecule has 1 aromatic carbocycles. The molecular weight excluding hydrogens is 246 g/mol. The van der Waals surface area contributed by atoms with E-state index >= 15 is 0 Å². The van der Waals surface area contributed by atoms with Gasteiger partial charge in [0.05, 0.1) is 6.10 Å². The number of benzene rings is 1. The molecule has 0 spiro atoms. The van der Waals surface area contributed by atoms with Gasteiger partial charge in [-0.25, -0.2) is 0 Å². The first-order valence-electron chi connectivity index (χ1n) is 8.29. The van der Waals surface area contributed by atoms with Crippen molar-refractivity contribution in [2.24, 2.45) is 5.92 Å². The molecule has 1 aliphatic carbocycles. The highest BCUT2D eigenvalue weighted by atomic mass is 16.3. The van der Waals surface area contributed by atoms with Crippen LogP contribution in [0.15, 0.2) is 30.3 Å². The molecule has 1 atom stereocenters. The van der Waals surface area contributed by atoms with Crippen LogP contribution in [0.2, 0.25) is 0 Å². The van der Waals surface area contributed by atoms with Gasteiger partial charge in [-0.05, 0) is 37.3 Å². The lowest BCUT2D eigenvalue weighted by Gasteiger charge is -2.32. The summed E-state index contributed by atoms with van der Waals surface area (Å²) in [7, 11) is 0. The Kier molecular flexibility index (Phi) is 6.38. The predicted octanol–water partition coefficient (Wildman–Crippen LogP) is 4.23. The zero-order chi connectivity index (χ0) is 14.2. The lowest BCUT2D eigenvalue weighted by Crippen LogP contribution is -2.38. The summed E-state index contributed by atoms with van der Waals surface area (Å²) in [5.41, 5.74) is 1.25. The van der Waals surface area contributed by atoms with E-state index in [4.69, 9.17) is 0 Å².